The van der Waals surface area contributed by atoms with E-state index in [0.717, 1.165) is 22.5 Å². The molecule has 3 aromatic rings. The molecule has 3 aromatic heterocycles. The van der Waals surface area contributed by atoms with Gasteiger partial charge in [0.05, 0.1) is 5.69 Å². The van der Waals surface area contributed by atoms with Crippen molar-refractivity contribution < 1.29 is 4.39 Å². The van der Waals surface area contributed by atoms with E-state index in [1.165, 1.54) is 6.33 Å². The summed E-state index contributed by atoms with van der Waals surface area (Å²) in [7, 11) is 1.75. The quantitative estimate of drug-likeness (QED) is 0.698. The van der Waals surface area contributed by atoms with Crippen molar-refractivity contribution in [1.82, 2.24) is 24.7 Å². The van der Waals surface area contributed by atoms with Gasteiger partial charge in [0.2, 0.25) is 0 Å². The van der Waals surface area contributed by atoms with Gasteiger partial charge in [-0.15, -0.1) is 10.2 Å². The van der Waals surface area contributed by atoms with Crippen LogP contribution in [-0.4, -0.2) is 37.8 Å². The second kappa shape index (κ2) is 7.00. The van der Waals surface area contributed by atoms with Crippen LogP contribution in [0.15, 0.2) is 36.9 Å². The molecule has 8 heteroatoms. The molecule has 0 spiro atoms. The Hall–Kier alpha value is -3.34. The molecule has 0 radical (unpaired) electrons. The number of nitriles is 1. The highest BCUT2D eigenvalue weighted by Gasteiger charge is 2.41. The SMILES string of the molecule is Cc1cc(-c2cccnc2)c(N2CCC(F)(c3nncn3C)CC2)c(C#N)n1. The highest BCUT2D eigenvalue weighted by atomic mass is 19.1. The molecule has 0 saturated carbocycles. The molecule has 0 amide bonds. The van der Waals surface area contributed by atoms with E-state index in [1.807, 2.05) is 30.0 Å². The van der Waals surface area contributed by atoms with Crippen molar-refractivity contribution in [2.45, 2.75) is 25.4 Å². The second-order valence-corrected chi connectivity index (χ2v) is 7.08. The summed E-state index contributed by atoms with van der Waals surface area (Å²) in [5.74, 6) is 0.349. The van der Waals surface area contributed by atoms with Crippen LogP contribution in [0, 0.1) is 18.3 Å². The minimum absolute atomic E-state index is 0.269. The molecule has 1 saturated heterocycles. The number of anilines is 1. The van der Waals surface area contributed by atoms with Crippen LogP contribution in [0.4, 0.5) is 10.1 Å². The molecule has 4 rings (SSSR count). The number of halogens is 1. The van der Waals surface area contributed by atoms with Crippen LogP contribution in [0.2, 0.25) is 0 Å². The highest BCUT2D eigenvalue weighted by Crippen LogP contribution is 2.40. The van der Waals surface area contributed by atoms with Gasteiger partial charge in [-0.05, 0) is 19.1 Å². The van der Waals surface area contributed by atoms with Gasteiger partial charge in [-0.25, -0.2) is 9.37 Å². The van der Waals surface area contributed by atoms with Gasteiger partial charge in [0.1, 0.15) is 12.4 Å². The van der Waals surface area contributed by atoms with E-state index in [2.05, 4.69) is 26.2 Å². The molecule has 0 bridgehead atoms. The predicted octanol–water partition coefficient (Wildman–Crippen LogP) is 2.92. The summed E-state index contributed by atoms with van der Waals surface area (Å²) >= 11 is 0. The summed E-state index contributed by atoms with van der Waals surface area (Å²) in [5.41, 5.74) is 2.12. The van der Waals surface area contributed by atoms with Crippen LogP contribution in [-0.2, 0) is 12.7 Å². The Morgan fingerprint density at radius 3 is 2.68 bits per heavy atom. The average molecular weight is 377 g/mol. The first-order valence-corrected chi connectivity index (χ1v) is 9.12. The number of pyridine rings is 2. The fourth-order valence-corrected chi connectivity index (χ4v) is 3.80. The summed E-state index contributed by atoms with van der Waals surface area (Å²) < 4.78 is 17.1. The first-order valence-electron chi connectivity index (χ1n) is 9.12. The Morgan fingerprint density at radius 2 is 2.07 bits per heavy atom. The minimum Gasteiger partial charge on any atom is -0.368 e. The summed E-state index contributed by atoms with van der Waals surface area (Å²) in [6.45, 7) is 2.77. The number of aryl methyl sites for hydroxylation is 2. The van der Waals surface area contributed by atoms with E-state index in [0.29, 0.717) is 24.6 Å². The molecule has 1 aliphatic rings. The van der Waals surface area contributed by atoms with Gasteiger partial charge in [-0.1, -0.05) is 6.07 Å². The molecule has 1 fully saturated rings. The topological polar surface area (TPSA) is 83.5 Å². The lowest BCUT2D eigenvalue weighted by atomic mass is 9.91. The maximum atomic E-state index is 15.5. The summed E-state index contributed by atoms with van der Waals surface area (Å²) in [6, 6.07) is 7.97. The Labute approximate surface area is 162 Å². The van der Waals surface area contributed by atoms with Crippen LogP contribution < -0.4 is 4.90 Å². The summed E-state index contributed by atoms with van der Waals surface area (Å²) in [4.78, 5) is 10.7. The van der Waals surface area contributed by atoms with E-state index >= 15 is 4.39 Å². The number of rotatable bonds is 3. The number of alkyl halides is 1. The molecule has 0 unspecified atom stereocenters. The normalized spacial score (nSPS) is 16.0. The minimum atomic E-state index is -1.53. The first kappa shape index (κ1) is 18.0. The lowest BCUT2D eigenvalue weighted by Crippen LogP contribution is -2.42. The van der Waals surface area contributed by atoms with E-state index in [4.69, 9.17) is 0 Å². The Bertz CT molecular complexity index is 1030. The van der Waals surface area contributed by atoms with Crippen LogP contribution in [0.25, 0.3) is 11.1 Å². The number of hydrogen-bond donors (Lipinski definition) is 0. The van der Waals surface area contributed by atoms with Crippen molar-refractivity contribution in [1.29, 1.82) is 5.26 Å². The zero-order valence-electron chi connectivity index (χ0n) is 15.8. The Balaban J connectivity index is 1.71. The third kappa shape index (κ3) is 3.09. The monoisotopic (exact) mass is 377 g/mol. The zero-order chi connectivity index (χ0) is 19.7. The van der Waals surface area contributed by atoms with E-state index < -0.39 is 5.67 Å². The third-order valence-electron chi connectivity index (χ3n) is 5.18. The van der Waals surface area contributed by atoms with Crippen LogP contribution >= 0.6 is 0 Å². The Morgan fingerprint density at radius 1 is 1.29 bits per heavy atom. The van der Waals surface area contributed by atoms with E-state index in [-0.39, 0.29) is 12.8 Å². The molecule has 0 aliphatic carbocycles. The molecule has 0 atom stereocenters. The van der Waals surface area contributed by atoms with Crippen molar-refractivity contribution in [2.75, 3.05) is 18.0 Å². The fourth-order valence-electron chi connectivity index (χ4n) is 3.80. The molecule has 1 aliphatic heterocycles. The smallest absolute Gasteiger partial charge is 0.173 e. The number of aromatic nitrogens is 5. The number of piperidine rings is 1. The van der Waals surface area contributed by atoms with Crippen LogP contribution in [0.5, 0.6) is 0 Å². The molecular weight excluding hydrogens is 357 g/mol. The van der Waals surface area contributed by atoms with Crippen molar-refractivity contribution in [3.63, 3.8) is 0 Å². The van der Waals surface area contributed by atoms with Crippen LogP contribution in [0.3, 0.4) is 0 Å². The van der Waals surface area contributed by atoms with Crippen molar-refractivity contribution in [3.05, 3.63) is 54.1 Å². The number of nitrogens with zero attached hydrogens (tertiary/aromatic N) is 7. The van der Waals surface area contributed by atoms with E-state index in [9.17, 15) is 5.26 Å². The van der Waals surface area contributed by atoms with Crippen molar-refractivity contribution >= 4 is 5.69 Å². The van der Waals surface area contributed by atoms with Gasteiger partial charge in [0, 0.05) is 62.2 Å². The third-order valence-corrected chi connectivity index (χ3v) is 5.18. The van der Waals surface area contributed by atoms with Gasteiger partial charge in [-0.3, -0.25) is 4.98 Å². The molecule has 4 heterocycles. The fraction of sp³-hybridized carbons (Fsp3) is 0.350. The maximum absolute atomic E-state index is 15.5. The maximum Gasteiger partial charge on any atom is 0.173 e. The van der Waals surface area contributed by atoms with E-state index in [1.54, 1.807) is 24.0 Å². The lowest BCUT2D eigenvalue weighted by Gasteiger charge is -2.37. The number of hydrogen-bond acceptors (Lipinski definition) is 6. The van der Waals surface area contributed by atoms with Crippen molar-refractivity contribution in [2.24, 2.45) is 7.05 Å². The molecular formula is C20H20FN7. The second-order valence-electron chi connectivity index (χ2n) is 7.08. The molecule has 0 N–H and O–H groups in total. The molecule has 142 valence electrons. The summed E-state index contributed by atoms with van der Waals surface area (Å²) in [6.07, 6.45) is 5.53. The highest BCUT2D eigenvalue weighted by molar-refractivity contribution is 5.81. The van der Waals surface area contributed by atoms with Gasteiger partial charge < -0.3 is 9.47 Å². The molecule has 0 aromatic carbocycles. The van der Waals surface area contributed by atoms with Gasteiger partial charge in [0.25, 0.3) is 0 Å². The van der Waals surface area contributed by atoms with Gasteiger partial charge >= 0.3 is 0 Å². The summed E-state index contributed by atoms with van der Waals surface area (Å²) in [5, 5.41) is 17.5. The van der Waals surface area contributed by atoms with Crippen LogP contribution in [0.1, 0.15) is 30.1 Å². The van der Waals surface area contributed by atoms with Gasteiger partial charge in [0.15, 0.2) is 17.2 Å². The zero-order valence-corrected chi connectivity index (χ0v) is 15.8. The largest absolute Gasteiger partial charge is 0.368 e. The standard InChI is InChI=1S/C20H20FN7/c1-14-10-16(15-4-3-7-23-12-15)18(17(11-22)25-14)28-8-5-20(21,6-9-28)19-26-24-13-27(19)2/h3-4,7,10,12-13H,5-6,8-9H2,1-2H3. The van der Waals surface area contributed by atoms with Gasteiger partial charge in [-0.2, -0.15) is 5.26 Å². The van der Waals surface area contributed by atoms with Crippen molar-refractivity contribution in [3.8, 4) is 17.2 Å². The molecule has 7 nitrogen and oxygen atoms in total. The first-order chi connectivity index (χ1) is 13.5. The molecule has 28 heavy (non-hydrogen) atoms. The lowest BCUT2D eigenvalue weighted by molar-refractivity contribution is 0.109. The average Bonchev–Trinajstić information content (AvgIpc) is 3.16. The Kier molecular flexibility index (Phi) is 4.51. The predicted molar refractivity (Wildman–Crippen MR) is 102 cm³/mol.